The van der Waals surface area contributed by atoms with Crippen molar-refractivity contribution in [2.24, 2.45) is 0 Å². The van der Waals surface area contributed by atoms with Gasteiger partial charge in [-0.2, -0.15) is 0 Å². The lowest BCUT2D eigenvalue weighted by Crippen LogP contribution is -2.49. The van der Waals surface area contributed by atoms with Gasteiger partial charge in [0.05, 0.1) is 0 Å². The molecule has 2 heterocycles. The molecule has 2 fully saturated rings. The largest absolute Gasteiger partial charge is 0.372 e. The van der Waals surface area contributed by atoms with E-state index in [9.17, 15) is 4.79 Å². The topological polar surface area (TPSA) is 26.8 Å². The van der Waals surface area contributed by atoms with Gasteiger partial charge in [0, 0.05) is 61.2 Å². The van der Waals surface area contributed by atoms with Crippen LogP contribution in [0.1, 0.15) is 35.2 Å². The molecule has 1 amide bonds. The Labute approximate surface area is 172 Å². The third kappa shape index (κ3) is 4.12. The van der Waals surface area contributed by atoms with E-state index in [2.05, 4.69) is 34.9 Å². The van der Waals surface area contributed by atoms with Gasteiger partial charge in [-0.05, 0) is 68.1 Å². The van der Waals surface area contributed by atoms with Crippen molar-refractivity contribution >= 4 is 28.9 Å². The number of piperidine rings is 1. The van der Waals surface area contributed by atoms with Crippen molar-refractivity contribution < 1.29 is 4.79 Å². The summed E-state index contributed by atoms with van der Waals surface area (Å²) in [7, 11) is 0. The van der Waals surface area contributed by atoms with Gasteiger partial charge >= 0.3 is 0 Å². The van der Waals surface area contributed by atoms with E-state index in [4.69, 9.17) is 11.6 Å². The van der Waals surface area contributed by atoms with Gasteiger partial charge in [0.25, 0.3) is 5.91 Å². The Morgan fingerprint density at radius 2 is 1.50 bits per heavy atom. The second-order valence-electron chi connectivity index (χ2n) is 7.80. The number of rotatable bonds is 3. The van der Waals surface area contributed by atoms with Crippen LogP contribution in [0.5, 0.6) is 0 Å². The van der Waals surface area contributed by atoms with Crippen LogP contribution in [0.4, 0.5) is 11.4 Å². The van der Waals surface area contributed by atoms with E-state index in [-0.39, 0.29) is 5.91 Å². The molecule has 0 unspecified atom stereocenters. The van der Waals surface area contributed by atoms with Crippen LogP contribution < -0.4 is 9.80 Å². The van der Waals surface area contributed by atoms with E-state index in [1.165, 1.54) is 36.2 Å². The summed E-state index contributed by atoms with van der Waals surface area (Å²) < 4.78 is 0. The molecule has 5 heteroatoms. The molecule has 4 nitrogen and oxygen atoms in total. The lowest BCUT2D eigenvalue weighted by atomic mass is 10.1. The van der Waals surface area contributed by atoms with Gasteiger partial charge in [0.2, 0.25) is 0 Å². The number of anilines is 2. The molecule has 0 spiro atoms. The number of aryl methyl sites for hydroxylation is 1. The zero-order valence-electron chi connectivity index (χ0n) is 16.5. The molecular weight excluding hydrogens is 370 g/mol. The lowest BCUT2D eigenvalue weighted by molar-refractivity contribution is 0.0747. The van der Waals surface area contributed by atoms with Gasteiger partial charge in [-0.3, -0.25) is 4.79 Å². The summed E-state index contributed by atoms with van der Waals surface area (Å²) in [5.41, 5.74) is 4.41. The summed E-state index contributed by atoms with van der Waals surface area (Å²) in [6.45, 7) is 7.48. The van der Waals surface area contributed by atoms with Crippen LogP contribution in [0.3, 0.4) is 0 Å². The summed E-state index contributed by atoms with van der Waals surface area (Å²) in [4.78, 5) is 19.6. The first-order valence-electron chi connectivity index (χ1n) is 10.3. The van der Waals surface area contributed by atoms with Crippen LogP contribution in [0.25, 0.3) is 0 Å². The smallest absolute Gasteiger partial charge is 0.253 e. The first-order valence-corrected chi connectivity index (χ1v) is 10.6. The number of benzene rings is 2. The predicted octanol–water partition coefficient (Wildman–Crippen LogP) is 4.60. The maximum Gasteiger partial charge on any atom is 0.253 e. The number of piperazine rings is 1. The van der Waals surface area contributed by atoms with Crippen LogP contribution in [0.15, 0.2) is 42.5 Å². The van der Waals surface area contributed by atoms with E-state index in [0.717, 1.165) is 49.9 Å². The minimum absolute atomic E-state index is 0.132. The summed E-state index contributed by atoms with van der Waals surface area (Å²) in [6, 6.07) is 14.2. The van der Waals surface area contributed by atoms with Crippen molar-refractivity contribution in [3.05, 3.63) is 58.6 Å². The summed E-state index contributed by atoms with van der Waals surface area (Å²) in [5, 5.41) is 0.757. The Balaban J connectivity index is 1.38. The van der Waals surface area contributed by atoms with Crippen molar-refractivity contribution in [1.82, 2.24) is 4.90 Å². The number of amides is 1. The molecule has 0 aromatic heterocycles. The number of hydrogen-bond donors (Lipinski definition) is 0. The fourth-order valence-electron chi connectivity index (χ4n) is 4.22. The lowest BCUT2D eigenvalue weighted by Gasteiger charge is -2.37. The molecule has 0 radical (unpaired) electrons. The Hall–Kier alpha value is -2.20. The van der Waals surface area contributed by atoms with Crippen molar-refractivity contribution in [1.29, 1.82) is 0 Å². The maximum atomic E-state index is 12.9. The van der Waals surface area contributed by atoms with Crippen LogP contribution in [-0.4, -0.2) is 50.1 Å². The van der Waals surface area contributed by atoms with Crippen LogP contribution in [0, 0.1) is 6.92 Å². The Bertz CT molecular complexity index is 822. The fraction of sp³-hybridized carbons (Fsp3) is 0.435. The zero-order chi connectivity index (χ0) is 19.5. The van der Waals surface area contributed by atoms with Gasteiger partial charge in [0.1, 0.15) is 0 Å². The van der Waals surface area contributed by atoms with Crippen molar-refractivity contribution in [3.63, 3.8) is 0 Å². The van der Waals surface area contributed by atoms with Crippen molar-refractivity contribution in [2.45, 2.75) is 26.2 Å². The molecule has 2 aromatic carbocycles. The van der Waals surface area contributed by atoms with E-state index in [1.807, 2.05) is 29.2 Å². The SMILES string of the molecule is Cc1ccc(Cl)cc1N1CCN(C(=O)c2ccc(N3CCCCC3)cc2)CC1. The van der Waals surface area contributed by atoms with Crippen LogP contribution >= 0.6 is 11.6 Å². The second kappa shape index (κ2) is 8.44. The molecule has 2 aliphatic heterocycles. The Morgan fingerprint density at radius 1 is 0.821 bits per heavy atom. The third-order valence-electron chi connectivity index (χ3n) is 5.91. The molecule has 0 aliphatic carbocycles. The third-order valence-corrected chi connectivity index (χ3v) is 6.15. The minimum Gasteiger partial charge on any atom is -0.372 e. The van der Waals surface area contributed by atoms with Crippen LogP contribution in [0.2, 0.25) is 5.02 Å². The van der Waals surface area contributed by atoms with Gasteiger partial charge in [-0.1, -0.05) is 17.7 Å². The van der Waals surface area contributed by atoms with E-state index in [1.54, 1.807) is 0 Å². The number of carbonyl (C=O) groups excluding carboxylic acids is 1. The van der Waals surface area contributed by atoms with Crippen LogP contribution in [-0.2, 0) is 0 Å². The molecule has 0 saturated carbocycles. The molecule has 0 bridgehead atoms. The highest BCUT2D eigenvalue weighted by molar-refractivity contribution is 6.30. The molecule has 0 atom stereocenters. The highest BCUT2D eigenvalue weighted by Crippen LogP contribution is 2.26. The monoisotopic (exact) mass is 397 g/mol. The standard InChI is InChI=1S/C23H28ClN3O/c1-18-5-8-20(24)17-22(18)26-13-15-27(16-14-26)23(28)19-6-9-21(10-7-19)25-11-3-2-4-12-25/h5-10,17H,2-4,11-16H2,1H3. The fourth-order valence-corrected chi connectivity index (χ4v) is 4.39. The average molecular weight is 398 g/mol. The van der Waals surface area contributed by atoms with E-state index in [0.29, 0.717) is 0 Å². The number of carbonyl (C=O) groups is 1. The highest BCUT2D eigenvalue weighted by Gasteiger charge is 2.23. The van der Waals surface area contributed by atoms with Gasteiger partial charge in [-0.15, -0.1) is 0 Å². The molecule has 4 rings (SSSR count). The van der Waals surface area contributed by atoms with Gasteiger partial charge in [-0.25, -0.2) is 0 Å². The Morgan fingerprint density at radius 3 is 2.18 bits per heavy atom. The Kier molecular flexibility index (Phi) is 5.77. The summed E-state index contributed by atoms with van der Waals surface area (Å²) >= 11 is 6.17. The van der Waals surface area contributed by atoms with Crippen molar-refractivity contribution in [2.75, 3.05) is 49.1 Å². The quantitative estimate of drug-likeness (QED) is 0.757. The second-order valence-corrected chi connectivity index (χ2v) is 8.24. The molecule has 28 heavy (non-hydrogen) atoms. The highest BCUT2D eigenvalue weighted by atomic mass is 35.5. The molecular formula is C23H28ClN3O. The first-order chi connectivity index (χ1) is 13.6. The zero-order valence-corrected chi connectivity index (χ0v) is 17.3. The molecule has 2 aromatic rings. The first kappa shape index (κ1) is 19.1. The summed E-state index contributed by atoms with van der Waals surface area (Å²) in [5.74, 6) is 0.132. The molecule has 0 N–H and O–H groups in total. The number of hydrogen-bond acceptors (Lipinski definition) is 3. The number of halogens is 1. The summed E-state index contributed by atoms with van der Waals surface area (Å²) in [6.07, 6.45) is 3.85. The normalized spacial score (nSPS) is 17.7. The number of nitrogens with zero attached hydrogens (tertiary/aromatic N) is 3. The van der Waals surface area contributed by atoms with Gasteiger partial charge in [0.15, 0.2) is 0 Å². The predicted molar refractivity (Wildman–Crippen MR) is 117 cm³/mol. The minimum atomic E-state index is 0.132. The molecule has 148 valence electrons. The average Bonchev–Trinajstić information content (AvgIpc) is 2.76. The van der Waals surface area contributed by atoms with E-state index >= 15 is 0 Å². The van der Waals surface area contributed by atoms with Gasteiger partial charge < -0.3 is 14.7 Å². The molecule has 2 aliphatic rings. The van der Waals surface area contributed by atoms with E-state index < -0.39 is 0 Å². The molecule has 2 saturated heterocycles. The maximum absolute atomic E-state index is 12.9. The van der Waals surface area contributed by atoms with Crippen molar-refractivity contribution in [3.8, 4) is 0 Å².